The summed E-state index contributed by atoms with van der Waals surface area (Å²) in [6.07, 6.45) is 2.57. The van der Waals surface area contributed by atoms with Crippen molar-refractivity contribution in [1.29, 1.82) is 0 Å². The average Bonchev–Trinajstić information content (AvgIpc) is 2.19. The zero-order valence-electron chi connectivity index (χ0n) is 7.66. The van der Waals surface area contributed by atoms with Gasteiger partial charge < -0.3 is 15.8 Å². The Hall–Kier alpha value is -1.36. The predicted molar refractivity (Wildman–Crippen MR) is 50.7 cm³/mol. The smallest absolute Gasteiger partial charge is 0.318 e. The van der Waals surface area contributed by atoms with Crippen molar-refractivity contribution >= 4 is 5.82 Å². The Morgan fingerprint density at radius 2 is 2.46 bits per heavy atom. The number of ether oxygens (including phenoxy) is 1. The van der Waals surface area contributed by atoms with E-state index >= 15 is 0 Å². The van der Waals surface area contributed by atoms with Crippen LogP contribution in [0.3, 0.4) is 0 Å². The molecule has 1 heterocycles. The summed E-state index contributed by atoms with van der Waals surface area (Å²) < 4.78 is 4.87. The minimum absolute atomic E-state index is 0.373. The van der Waals surface area contributed by atoms with E-state index in [1.165, 1.54) is 0 Å². The fourth-order valence-electron chi connectivity index (χ4n) is 0.856. The van der Waals surface area contributed by atoms with E-state index in [1.54, 1.807) is 19.4 Å². The van der Waals surface area contributed by atoms with Gasteiger partial charge in [-0.25, -0.2) is 4.98 Å². The maximum atomic E-state index is 5.35. The first-order valence-corrected chi connectivity index (χ1v) is 4.18. The van der Waals surface area contributed by atoms with E-state index in [4.69, 9.17) is 10.5 Å². The number of anilines is 1. The summed E-state index contributed by atoms with van der Waals surface area (Å²) in [7, 11) is 1.54. The Kier molecular flexibility index (Phi) is 3.98. The molecule has 1 rings (SSSR count). The van der Waals surface area contributed by atoms with Gasteiger partial charge in [0, 0.05) is 12.7 Å². The van der Waals surface area contributed by atoms with Gasteiger partial charge in [-0.1, -0.05) is 0 Å². The topological polar surface area (TPSA) is 73.1 Å². The molecule has 0 fully saturated rings. The minimum atomic E-state index is 0.373. The van der Waals surface area contributed by atoms with Crippen molar-refractivity contribution < 1.29 is 4.74 Å². The second-order valence-corrected chi connectivity index (χ2v) is 2.50. The van der Waals surface area contributed by atoms with E-state index in [0.29, 0.717) is 12.6 Å². The van der Waals surface area contributed by atoms with Crippen LogP contribution in [0.15, 0.2) is 12.3 Å². The summed E-state index contributed by atoms with van der Waals surface area (Å²) in [4.78, 5) is 7.97. The van der Waals surface area contributed by atoms with Crippen molar-refractivity contribution in [1.82, 2.24) is 9.97 Å². The van der Waals surface area contributed by atoms with Gasteiger partial charge in [-0.05, 0) is 19.0 Å². The van der Waals surface area contributed by atoms with Crippen molar-refractivity contribution in [2.75, 3.05) is 25.5 Å². The van der Waals surface area contributed by atoms with Crippen molar-refractivity contribution in [3.63, 3.8) is 0 Å². The third kappa shape index (κ3) is 3.25. The number of nitrogens with one attached hydrogen (secondary N) is 1. The zero-order chi connectivity index (χ0) is 9.52. The largest absolute Gasteiger partial charge is 0.467 e. The quantitative estimate of drug-likeness (QED) is 0.638. The molecule has 0 saturated heterocycles. The van der Waals surface area contributed by atoms with Crippen molar-refractivity contribution in [2.24, 2.45) is 5.73 Å². The third-order valence-corrected chi connectivity index (χ3v) is 1.50. The molecule has 13 heavy (non-hydrogen) atoms. The number of methoxy groups -OCH3 is 1. The Bertz CT molecular complexity index is 254. The van der Waals surface area contributed by atoms with Crippen LogP contribution in [0.2, 0.25) is 0 Å². The van der Waals surface area contributed by atoms with Crippen LogP contribution in [-0.2, 0) is 0 Å². The van der Waals surface area contributed by atoms with Gasteiger partial charge in [0.2, 0.25) is 0 Å². The highest BCUT2D eigenvalue weighted by Crippen LogP contribution is 2.06. The van der Waals surface area contributed by atoms with Gasteiger partial charge in [-0.2, -0.15) is 4.98 Å². The van der Waals surface area contributed by atoms with Crippen LogP contribution in [0, 0.1) is 0 Å². The molecular weight excluding hydrogens is 168 g/mol. The van der Waals surface area contributed by atoms with Crippen LogP contribution in [0.1, 0.15) is 6.42 Å². The van der Waals surface area contributed by atoms with Gasteiger partial charge >= 0.3 is 6.01 Å². The number of hydrogen-bond acceptors (Lipinski definition) is 5. The third-order valence-electron chi connectivity index (χ3n) is 1.50. The lowest BCUT2D eigenvalue weighted by molar-refractivity contribution is 0.380. The molecule has 0 saturated carbocycles. The van der Waals surface area contributed by atoms with Crippen LogP contribution in [-0.4, -0.2) is 30.2 Å². The first-order valence-electron chi connectivity index (χ1n) is 4.18. The standard InChI is InChI=1S/C8H14N4O/c1-13-8-11-6-3-7(12-8)10-5-2-4-9/h3,6H,2,4-5,9H2,1H3,(H,10,11,12). The summed E-state index contributed by atoms with van der Waals surface area (Å²) in [5.41, 5.74) is 5.35. The summed E-state index contributed by atoms with van der Waals surface area (Å²) in [6.45, 7) is 1.49. The zero-order valence-corrected chi connectivity index (χ0v) is 7.66. The number of rotatable bonds is 5. The predicted octanol–water partition coefficient (Wildman–Crippen LogP) is 0.246. The molecule has 0 unspecified atom stereocenters. The summed E-state index contributed by atoms with van der Waals surface area (Å²) in [5.74, 6) is 0.764. The fraction of sp³-hybridized carbons (Fsp3) is 0.500. The molecule has 0 bridgehead atoms. The van der Waals surface area contributed by atoms with Gasteiger partial charge in [-0.15, -0.1) is 0 Å². The van der Waals surface area contributed by atoms with Gasteiger partial charge in [0.05, 0.1) is 7.11 Å². The van der Waals surface area contributed by atoms with Gasteiger partial charge in [-0.3, -0.25) is 0 Å². The Morgan fingerprint density at radius 1 is 1.62 bits per heavy atom. The molecule has 5 nitrogen and oxygen atoms in total. The lowest BCUT2D eigenvalue weighted by Gasteiger charge is -2.04. The van der Waals surface area contributed by atoms with Crippen molar-refractivity contribution in [3.8, 4) is 6.01 Å². The molecule has 3 N–H and O–H groups in total. The number of nitrogens with two attached hydrogens (primary N) is 1. The highest BCUT2D eigenvalue weighted by Gasteiger charge is 1.96. The lowest BCUT2D eigenvalue weighted by Crippen LogP contribution is -2.09. The van der Waals surface area contributed by atoms with Crippen LogP contribution in [0.5, 0.6) is 6.01 Å². The molecule has 1 aromatic rings. The minimum Gasteiger partial charge on any atom is -0.467 e. The van der Waals surface area contributed by atoms with E-state index in [1.807, 2.05) is 0 Å². The van der Waals surface area contributed by atoms with E-state index in [2.05, 4.69) is 15.3 Å². The van der Waals surface area contributed by atoms with E-state index in [0.717, 1.165) is 18.8 Å². The molecule has 0 aliphatic rings. The first-order chi connectivity index (χ1) is 6.36. The summed E-state index contributed by atoms with van der Waals surface area (Å²) >= 11 is 0. The van der Waals surface area contributed by atoms with Crippen LogP contribution in [0.4, 0.5) is 5.82 Å². The molecular formula is C8H14N4O. The Labute approximate surface area is 77.3 Å². The Morgan fingerprint density at radius 3 is 3.15 bits per heavy atom. The van der Waals surface area contributed by atoms with Gasteiger partial charge in [0.15, 0.2) is 0 Å². The highest BCUT2D eigenvalue weighted by molar-refractivity contribution is 5.33. The SMILES string of the molecule is COc1nccc(NCCCN)n1. The van der Waals surface area contributed by atoms with E-state index in [9.17, 15) is 0 Å². The van der Waals surface area contributed by atoms with E-state index in [-0.39, 0.29) is 0 Å². The van der Waals surface area contributed by atoms with Gasteiger partial charge in [0.25, 0.3) is 0 Å². The second kappa shape index (κ2) is 5.31. The highest BCUT2D eigenvalue weighted by atomic mass is 16.5. The molecule has 0 amide bonds. The molecule has 0 spiro atoms. The van der Waals surface area contributed by atoms with E-state index < -0.39 is 0 Å². The van der Waals surface area contributed by atoms with Crippen molar-refractivity contribution in [3.05, 3.63) is 12.3 Å². The second-order valence-electron chi connectivity index (χ2n) is 2.50. The molecule has 0 radical (unpaired) electrons. The molecule has 0 atom stereocenters. The maximum absolute atomic E-state index is 5.35. The van der Waals surface area contributed by atoms with Crippen molar-refractivity contribution in [2.45, 2.75) is 6.42 Å². The number of nitrogens with zero attached hydrogens (tertiary/aromatic N) is 2. The molecule has 72 valence electrons. The molecule has 1 aromatic heterocycles. The van der Waals surface area contributed by atoms with Crippen LogP contribution in [0.25, 0.3) is 0 Å². The number of hydrogen-bond donors (Lipinski definition) is 2. The average molecular weight is 182 g/mol. The maximum Gasteiger partial charge on any atom is 0.318 e. The molecule has 0 aliphatic heterocycles. The normalized spacial score (nSPS) is 9.69. The fourth-order valence-corrected chi connectivity index (χ4v) is 0.856. The monoisotopic (exact) mass is 182 g/mol. The summed E-state index contributed by atoms with van der Waals surface area (Å²) in [5, 5.41) is 3.11. The molecule has 0 aliphatic carbocycles. The Balaban J connectivity index is 2.46. The number of aromatic nitrogens is 2. The summed E-state index contributed by atoms with van der Waals surface area (Å²) in [6, 6.07) is 2.16. The van der Waals surface area contributed by atoms with Crippen LogP contribution >= 0.6 is 0 Å². The molecule has 5 heteroatoms. The first kappa shape index (κ1) is 9.73. The lowest BCUT2D eigenvalue weighted by atomic mass is 10.4. The van der Waals surface area contributed by atoms with Gasteiger partial charge in [0.1, 0.15) is 5.82 Å². The molecule has 0 aromatic carbocycles. The van der Waals surface area contributed by atoms with Crippen LogP contribution < -0.4 is 15.8 Å².